The standard InChI is InChI=1S/C10H14ClFN2/c1-4-7-8(11)5-13-10(9(7)12)14-6(2)3/h5-6H,4H2,1-3H3,(H,13,14). The molecule has 1 N–H and O–H groups in total. The van der Waals surface area contributed by atoms with Crippen LogP contribution < -0.4 is 5.32 Å². The number of nitrogens with zero attached hydrogens (tertiary/aromatic N) is 1. The van der Waals surface area contributed by atoms with Crippen molar-refractivity contribution in [3.8, 4) is 0 Å². The van der Waals surface area contributed by atoms with Crippen LogP contribution in [0.5, 0.6) is 0 Å². The van der Waals surface area contributed by atoms with Crippen molar-refractivity contribution in [2.75, 3.05) is 5.32 Å². The molecule has 14 heavy (non-hydrogen) atoms. The SMILES string of the molecule is CCc1c(Cl)cnc(NC(C)C)c1F. The van der Waals surface area contributed by atoms with Gasteiger partial charge in [0.05, 0.1) is 5.02 Å². The van der Waals surface area contributed by atoms with Crippen molar-refractivity contribution in [1.82, 2.24) is 4.98 Å². The maximum Gasteiger partial charge on any atom is 0.170 e. The summed E-state index contributed by atoms with van der Waals surface area (Å²) in [6.07, 6.45) is 2.05. The zero-order valence-corrected chi connectivity index (χ0v) is 9.32. The molecule has 0 unspecified atom stereocenters. The van der Waals surface area contributed by atoms with Gasteiger partial charge in [0.15, 0.2) is 11.6 Å². The fourth-order valence-electron chi connectivity index (χ4n) is 1.20. The number of halogens is 2. The number of anilines is 1. The van der Waals surface area contributed by atoms with Gasteiger partial charge in [0, 0.05) is 17.8 Å². The Bertz CT molecular complexity index is 326. The van der Waals surface area contributed by atoms with E-state index in [9.17, 15) is 4.39 Å². The number of nitrogens with one attached hydrogen (secondary N) is 1. The van der Waals surface area contributed by atoms with E-state index in [1.54, 1.807) is 0 Å². The molecule has 2 nitrogen and oxygen atoms in total. The Morgan fingerprint density at radius 2 is 2.21 bits per heavy atom. The first-order chi connectivity index (χ1) is 6.56. The van der Waals surface area contributed by atoms with E-state index in [1.165, 1.54) is 6.20 Å². The van der Waals surface area contributed by atoms with Gasteiger partial charge in [0.1, 0.15) is 0 Å². The Hall–Kier alpha value is -0.830. The molecule has 0 atom stereocenters. The molecule has 0 aromatic carbocycles. The minimum Gasteiger partial charge on any atom is -0.365 e. The van der Waals surface area contributed by atoms with Crippen molar-refractivity contribution in [2.45, 2.75) is 33.2 Å². The molecule has 0 aliphatic carbocycles. The van der Waals surface area contributed by atoms with E-state index in [0.29, 0.717) is 17.0 Å². The molecule has 1 aromatic rings. The van der Waals surface area contributed by atoms with Crippen LogP contribution in [0.2, 0.25) is 5.02 Å². The van der Waals surface area contributed by atoms with E-state index in [-0.39, 0.29) is 17.7 Å². The van der Waals surface area contributed by atoms with Crippen LogP contribution in [0.4, 0.5) is 10.2 Å². The van der Waals surface area contributed by atoms with Gasteiger partial charge in [-0.05, 0) is 20.3 Å². The molecule has 1 rings (SSSR count). The highest BCUT2D eigenvalue weighted by atomic mass is 35.5. The Morgan fingerprint density at radius 3 is 2.71 bits per heavy atom. The topological polar surface area (TPSA) is 24.9 Å². The Labute approximate surface area is 88.5 Å². The van der Waals surface area contributed by atoms with Crippen molar-refractivity contribution in [3.63, 3.8) is 0 Å². The molecule has 0 saturated carbocycles. The lowest BCUT2D eigenvalue weighted by Crippen LogP contribution is -2.13. The minimum atomic E-state index is -0.339. The molecule has 0 aliphatic rings. The highest BCUT2D eigenvalue weighted by Crippen LogP contribution is 2.23. The van der Waals surface area contributed by atoms with Gasteiger partial charge in [-0.3, -0.25) is 0 Å². The van der Waals surface area contributed by atoms with Crippen LogP contribution in [-0.2, 0) is 6.42 Å². The fourth-order valence-corrected chi connectivity index (χ4v) is 1.47. The minimum absolute atomic E-state index is 0.155. The molecule has 0 fully saturated rings. The van der Waals surface area contributed by atoms with Gasteiger partial charge in [-0.2, -0.15) is 0 Å². The molecule has 1 aromatic heterocycles. The summed E-state index contributed by atoms with van der Waals surface area (Å²) >= 11 is 5.81. The average molecular weight is 217 g/mol. The normalized spacial score (nSPS) is 10.7. The van der Waals surface area contributed by atoms with Gasteiger partial charge in [-0.1, -0.05) is 18.5 Å². The van der Waals surface area contributed by atoms with E-state index < -0.39 is 0 Å². The van der Waals surface area contributed by atoms with Gasteiger partial charge in [0.2, 0.25) is 0 Å². The Kier molecular flexibility index (Phi) is 3.69. The highest BCUT2D eigenvalue weighted by Gasteiger charge is 2.12. The van der Waals surface area contributed by atoms with Crippen molar-refractivity contribution in [1.29, 1.82) is 0 Å². The summed E-state index contributed by atoms with van der Waals surface area (Å²) in [4.78, 5) is 3.91. The molecule has 0 radical (unpaired) electrons. The second-order valence-electron chi connectivity index (χ2n) is 3.40. The number of aromatic nitrogens is 1. The van der Waals surface area contributed by atoms with Crippen LogP contribution in [-0.4, -0.2) is 11.0 Å². The molecule has 0 spiro atoms. The van der Waals surface area contributed by atoms with Crippen molar-refractivity contribution in [3.05, 3.63) is 22.6 Å². The summed E-state index contributed by atoms with van der Waals surface area (Å²) < 4.78 is 13.7. The first-order valence-electron chi connectivity index (χ1n) is 4.65. The predicted octanol–water partition coefficient (Wildman–Crippen LogP) is 3.26. The molecule has 1 heterocycles. The lowest BCUT2D eigenvalue weighted by molar-refractivity contribution is 0.606. The van der Waals surface area contributed by atoms with Gasteiger partial charge in [0.25, 0.3) is 0 Å². The van der Waals surface area contributed by atoms with Crippen molar-refractivity contribution >= 4 is 17.4 Å². The second kappa shape index (κ2) is 4.60. The average Bonchev–Trinajstić information content (AvgIpc) is 2.10. The highest BCUT2D eigenvalue weighted by molar-refractivity contribution is 6.31. The summed E-state index contributed by atoms with van der Waals surface area (Å²) in [5.74, 6) is -0.0602. The summed E-state index contributed by atoms with van der Waals surface area (Å²) in [5, 5.41) is 3.32. The van der Waals surface area contributed by atoms with Crippen LogP contribution in [0.15, 0.2) is 6.20 Å². The third kappa shape index (κ3) is 2.35. The number of hydrogen-bond acceptors (Lipinski definition) is 2. The molecule has 0 aliphatic heterocycles. The van der Waals surface area contributed by atoms with Crippen LogP contribution in [0.3, 0.4) is 0 Å². The molecular weight excluding hydrogens is 203 g/mol. The Morgan fingerprint density at radius 1 is 1.57 bits per heavy atom. The monoisotopic (exact) mass is 216 g/mol. The maximum absolute atomic E-state index is 13.7. The van der Waals surface area contributed by atoms with Gasteiger partial charge in [-0.15, -0.1) is 0 Å². The molecule has 4 heteroatoms. The largest absolute Gasteiger partial charge is 0.365 e. The maximum atomic E-state index is 13.7. The molecule has 0 saturated heterocycles. The van der Waals surface area contributed by atoms with Crippen molar-refractivity contribution in [2.24, 2.45) is 0 Å². The smallest absolute Gasteiger partial charge is 0.170 e. The first-order valence-corrected chi connectivity index (χ1v) is 5.03. The molecule has 0 amide bonds. The summed E-state index contributed by atoms with van der Waals surface area (Å²) in [6, 6.07) is 0.155. The zero-order chi connectivity index (χ0) is 10.7. The fraction of sp³-hybridized carbons (Fsp3) is 0.500. The van der Waals surface area contributed by atoms with Crippen LogP contribution >= 0.6 is 11.6 Å². The van der Waals surface area contributed by atoms with E-state index in [4.69, 9.17) is 11.6 Å². The molecule has 78 valence electrons. The van der Waals surface area contributed by atoms with Gasteiger partial charge in [-0.25, -0.2) is 9.37 Å². The van der Waals surface area contributed by atoms with E-state index in [2.05, 4.69) is 10.3 Å². The quantitative estimate of drug-likeness (QED) is 0.839. The number of rotatable bonds is 3. The zero-order valence-electron chi connectivity index (χ0n) is 8.56. The number of hydrogen-bond donors (Lipinski definition) is 1. The molecular formula is C10H14ClFN2. The van der Waals surface area contributed by atoms with Gasteiger partial charge < -0.3 is 5.32 Å². The van der Waals surface area contributed by atoms with E-state index in [1.807, 2.05) is 20.8 Å². The summed E-state index contributed by atoms with van der Waals surface area (Å²) in [6.45, 7) is 5.73. The lowest BCUT2D eigenvalue weighted by Gasteiger charge is -2.12. The summed E-state index contributed by atoms with van der Waals surface area (Å²) in [5.41, 5.74) is 0.518. The molecule has 0 bridgehead atoms. The second-order valence-corrected chi connectivity index (χ2v) is 3.81. The first kappa shape index (κ1) is 11.2. The van der Waals surface area contributed by atoms with Crippen LogP contribution in [0.1, 0.15) is 26.3 Å². The van der Waals surface area contributed by atoms with E-state index >= 15 is 0 Å². The van der Waals surface area contributed by atoms with Crippen molar-refractivity contribution < 1.29 is 4.39 Å². The van der Waals surface area contributed by atoms with Gasteiger partial charge >= 0.3 is 0 Å². The predicted molar refractivity (Wildman–Crippen MR) is 57.3 cm³/mol. The number of pyridine rings is 1. The van der Waals surface area contributed by atoms with E-state index in [0.717, 1.165) is 0 Å². The third-order valence-corrected chi connectivity index (χ3v) is 2.17. The van der Waals surface area contributed by atoms with Crippen LogP contribution in [0.25, 0.3) is 0 Å². The van der Waals surface area contributed by atoms with Crippen LogP contribution in [0, 0.1) is 5.82 Å². The Balaban J connectivity index is 3.08. The third-order valence-electron chi connectivity index (χ3n) is 1.85. The lowest BCUT2D eigenvalue weighted by atomic mass is 10.2. The summed E-state index contributed by atoms with van der Waals surface area (Å²) in [7, 11) is 0.